The first-order valence-corrected chi connectivity index (χ1v) is 13.5. The SMILES string of the molecule is O=C(CN(C(=O)Nc1ccc(Cl)c(Cl)c1)C1CCCCC1)N(Cc1ccccc1)Cc1cccs1. The lowest BCUT2D eigenvalue weighted by molar-refractivity contribution is -0.133. The molecule has 2 aromatic carbocycles. The van der Waals surface area contributed by atoms with E-state index in [4.69, 9.17) is 23.2 Å². The molecule has 4 rings (SSSR count). The van der Waals surface area contributed by atoms with Crippen molar-refractivity contribution in [2.45, 2.75) is 51.2 Å². The quantitative estimate of drug-likeness (QED) is 0.329. The van der Waals surface area contributed by atoms with Crippen LogP contribution < -0.4 is 5.32 Å². The van der Waals surface area contributed by atoms with Gasteiger partial charge in [-0.25, -0.2) is 4.79 Å². The van der Waals surface area contributed by atoms with E-state index in [2.05, 4.69) is 5.32 Å². The Morgan fingerprint density at radius 3 is 2.37 bits per heavy atom. The third-order valence-electron chi connectivity index (χ3n) is 6.25. The predicted octanol–water partition coefficient (Wildman–Crippen LogP) is 7.45. The van der Waals surface area contributed by atoms with Crippen LogP contribution in [0.25, 0.3) is 0 Å². The molecule has 1 heterocycles. The van der Waals surface area contributed by atoms with Crippen molar-refractivity contribution in [3.63, 3.8) is 0 Å². The molecule has 184 valence electrons. The maximum Gasteiger partial charge on any atom is 0.322 e. The summed E-state index contributed by atoms with van der Waals surface area (Å²) in [5.41, 5.74) is 1.61. The molecule has 0 aliphatic heterocycles. The highest BCUT2D eigenvalue weighted by molar-refractivity contribution is 7.09. The third-order valence-corrected chi connectivity index (χ3v) is 7.85. The minimum absolute atomic E-state index is 0.0238. The van der Waals surface area contributed by atoms with Crippen LogP contribution in [0.1, 0.15) is 42.5 Å². The van der Waals surface area contributed by atoms with E-state index in [1.165, 1.54) is 0 Å². The zero-order valence-electron chi connectivity index (χ0n) is 19.5. The Morgan fingerprint density at radius 1 is 0.914 bits per heavy atom. The first-order chi connectivity index (χ1) is 17.0. The number of nitrogens with one attached hydrogen (secondary N) is 1. The molecule has 5 nitrogen and oxygen atoms in total. The summed E-state index contributed by atoms with van der Waals surface area (Å²) >= 11 is 13.8. The summed E-state index contributed by atoms with van der Waals surface area (Å²) in [6, 6.07) is 18.7. The normalized spacial score (nSPS) is 13.9. The van der Waals surface area contributed by atoms with Crippen molar-refractivity contribution in [3.8, 4) is 0 Å². The van der Waals surface area contributed by atoms with E-state index in [1.54, 1.807) is 34.4 Å². The van der Waals surface area contributed by atoms with Gasteiger partial charge in [-0.15, -0.1) is 11.3 Å². The van der Waals surface area contributed by atoms with Crippen LogP contribution in [0.15, 0.2) is 66.0 Å². The topological polar surface area (TPSA) is 52.7 Å². The van der Waals surface area contributed by atoms with Crippen molar-refractivity contribution in [1.29, 1.82) is 0 Å². The Balaban J connectivity index is 1.53. The van der Waals surface area contributed by atoms with E-state index in [9.17, 15) is 9.59 Å². The molecule has 1 saturated carbocycles. The van der Waals surface area contributed by atoms with Gasteiger partial charge in [0.25, 0.3) is 0 Å². The molecule has 1 N–H and O–H groups in total. The summed E-state index contributed by atoms with van der Waals surface area (Å²) in [4.78, 5) is 31.7. The van der Waals surface area contributed by atoms with Crippen LogP contribution in [0.3, 0.4) is 0 Å². The van der Waals surface area contributed by atoms with Gasteiger partial charge in [0.15, 0.2) is 0 Å². The van der Waals surface area contributed by atoms with Gasteiger partial charge in [0.05, 0.1) is 16.6 Å². The molecule has 1 aromatic heterocycles. The molecule has 0 spiro atoms. The number of benzene rings is 2. The summed E-state index contributed by atoms with van der Waals surface area (Å²) in [6.07, 6.45) is 5.05. The summed E-state index contributed by atoms with van der Waals surface area (Å²) < 4.78 is 0. The fourth-order valence-electron chi connectivity index (χ4n) is 4.40. The van der Waals surface area contributed by atoms with Crippen LogP contribution in [-0.4, -0.2) is 34.3 Å². The van der Waals surface area contributed by atoms with Crippen LogP contribution >= 0.6 is 34.5 Å². The summed E-state index contributed by atoms with van der Waals surface area (Å²) in [7, 11) is 0. The second-order valence-electron chi connectivity index (χ2n) is 8.79. The number of amides is 3. The Kier molecular flexibility index (Phi) is 9.07. The van der Waals surface area contributed by atoms with Crippen LogP contribution in [0.2, 0.25) is 10.0 Å². The highest BCUT2D eigenvalue weighted by Gasteiger charge is 2.29. The van der Waals surface area contributed by atoms with Crippen molar-refractivity contribution in [1.82, 2.24) is 9.80 Å². The number of anilines is 1. The number of thiophene rings is 1. The fraction of sp³-hybridized carbons (Fsp3) is 0.333. The number of carbonyl (C=O) groups is 2. The minimum atomic E-state index is -0.292. The lowest BCUT2D eigenvalue weighted by Gasteiger charge is -2.35. The van der Waals surface area contributed by atoms with E-state index in [0.29, 0.717) is 28.8 Å². The van der Waals surface area contributed by atoms with Gasteiger partial charge in [0.2, 0.25) is 5.91 Å². The first-order valence-electron chi connectivity index (χ1n) is 11.9. The lowest BCUT2D eigenvalue weighted by Crippen LogP contribution is -2.49. The average Bonchev–Trinajstić information content (AvgIpc) is 3.38. The number of halogens is 2. The van der Waals surface area contributed by atoms with E-state index in [1.807, 2.05) is 52.7 Å². The standard InChI is InChI=1S/C27H29Cl2N3O2S/c28-24-14-13-21(16-25(24)29)30-27(34)32(22-10-5-2-6-11-22)19-26(33)31(18-23-12-7-15-35-23)17-20-8-3-1-4-9-20/h1,3-4,7-9,12-16,22H,2,5-6,10-11,17-19H2,(H,30,34). The van der Waals surface area contributed by atoms with Gasteiger partial charge < -0.3 is 15.1 Å². The second-order valence-corrected chi connectivity index (χ2v) is 10.6. The van der Waals surface area contributed by atoms with E-state index in [-0.39, 0.29) is 24.5 Å². The molecule has 35 heavy (non-hydrogen) atoms. The molecule has 0 unspecified atom stereocenters. The van der Waals surface area contributed by atoms with Crippen LogP contribution in [0.5, 0.6) is 0 Å². The van der Waals surface area contributed by atoms with Gasteiger partial charge in [0, 0.05) is 23.2 Å². The number of carbonyl (C=O) groups excluding carboxylic acids is 2. The molecule has 0 atom stereocenters. The van der Waals surface area contributed by atoms with Crippen molar-refractivity contribution in [2.24, 2.45) is 0 Å². The highest BCUT2D eigenvalue weighted by atomic mass is 35.5. The number of urea groups is 1. The molecular formula is C27H29Cl2N3O2S. The maximum absolute atomic E-state index is 13.7. The van der Waals surface area contributed by atoms with Crippen LogP contribution in [-0.2, 0) is 17.9 Å². The van der Waals surface area contributed by atoms with Crippen LogP contribution in [0.4, 0.5) is 10.5 Å². The second kappa shape index (κ2) is 12.4. The molecule has 0 saturated heterocycles. The Morgan fingerprint density at radius 2 is 1.69 bits per heavy atom. The highest BCUT2D eigenvalue weighted by Crippen LogP contribution is 2.27. The first kappa shape index (κ1) is 25.5. The Labute approximate surface area is 220 Å². The minimum Gasteiger partial charge on any atom is -0.332 e. The smallest absolute Gasteiger partial charge is 0.322 e. The van der Waals surface area contributed by atoms with Crippen molar-refractivity contribution >= 4 is 52.2 Å². The number of hydrogen-bond acceptors (Lipinski definition) is 3. The molecule has 3 amide bonds. The molecule has 0 radical (unpaired) electrons. The average molecular weight is 531 g/mol. The van der Waals surface area contributed by atoms with Gasteiger partial charge in [-0.2, -0.15) is 0 Å². The van der Waals surface area contributed by atoms with E-state index < -0.39 is 0 Å². The molecule has 1 aliphatic carbocycles. The zero-order valence-corrected chi connectivity index (χ0v) is 21.8. The van der Waals surface area contributed by atoms with Gasteiger partial charge in [0.1, 0.15) is 6.54 Å². The van der Waals surface area contributed by atoms with E-state index in [0.717, 1.165) is 42.5 Å². The molecule has 8 heteroatoms. The molecular weight excluding hydrogens is 501 g/mol. The van der Waals surface area contributed by atoms with Gasteiger partial charge in [-0.1, -0.05) is 78.9 Å². The molecule has 1 fully saturated rings. The summed E-state index contributed by atoms with van der Waals surface area (Å²) in [5.74, 6) is -0.0721. The Bertz CT molecular complexity index is 1120. The lowest BCUT2D eigenvalue weighted by atomic mass is 9.94. The predicted molar refractivity (Wildman–Crippen MR) is 144 cm³/mol. The fourth-order valence-corrected chi connectivity index (χ4v) is 5.42. The Hall–Kier alpha value is -2.54. The van der Waals surface area contributed by atoms with Crippen molar-refractivity contribution in [3.05, 3.63) is 86.5 Å². The molecule has 3 aromatic rings. The van der Waals surface area contributed by atoms with E-state index >= 15 is 0 Å². The summed E-state index contributed by atoms with van der Waals surface area (Å²) in [5, 5.41) is 5.73. The number of nitrogens with zero attached hydrogens (tertiary/aromatic N) is 2. The number of rotatable bonds is 8. The molecule has 0 bridgehead atoms. The summed E-state index contributed by atoms with van der Waals surface area (Å²) in [6.45, 7) is 1.03. The van der Waals surface area contributed by atoms with Gasteiger partial charge in [-0.05, 0) is 48.1 Å². The van der Waals surface area contributed by atoms with Crippen LogP contribution in [0, 0.1) is 0 Å². The van der Waals surface area contributed by atoms with Gasteiger partial charge in [-0.3, -0.25) is 4.79 Å². The maximum atomic E-state index is 13.7. The zero-order chi connectivity index (χ0) is 24.6. The van der Waals surface area contributed by atoms with Gasteiger partial charge >= 0.3 is 6.03 Å². The van der Waals surface area contributed by atoms with Crippen molar-refractivity contribution < 1.29 is 9.59 Å². The molecule has 1 aliphatic rings. The van der Waals surface area contributed by atoms with Crippen molar-refractivity contribution in [2.75, 3.05) is 11.9 Å². The third kappa shape index (κ3) is 7.23. The largest absolute Gasteiger partial charge is 0.332 e. The number of hydrogen-bond donors (Lipinski definition) is 1. The monoisotopic (exact) mass is 529 g/mol.